The van der Waals surface area contributed by atoms with E-state index in [1.165, 1.54) is 0 Å². The number of benzene rings is 1. The van der Waals surface area contributed by atoms with E-state index in [-0.39, 0.29) is 6.61 Å². The Balaban J connectivity index is 2.52. The Labute approximate surface area is 126 Å². The van der Waals surface area contributed by atoms with E-state index in [0.29, 0.717) is 12.8 Å². The van der Waals surface area contributed by atoms with Gasteiger partial charge in [0.05, 0.1) is 0 Å². The molecule has 1 aromatic carbocycles. The zero-order valence-electron chi connectivity index (χ0n) is 11.1. The molecular formula is C14H18BrNO4. The van der Waals surface area contributed by atoms with E-state index in [0.717, 1.165) is 17.3 Å². The molecule has 0 fully saturated rings. The first-order valence-electron chi connectivity index (χ1n) is 6.36. The minimum atomic E-state index is -0.956. The second kappa shape index (κ2) is 9.50. The van der Waals surface area contributed by atoms with Crippen molar-refractivity contribution in [2.24, 2.45) is 11.8 Å². The van der Waals surface area contributed by atoms with Crippen LogP contribution >= 0.6 is 15.9 Å². The first kappa shape index (κ1) is 16.7. The van der Waals surface area contributed by atoms with E-state index in [1.54, 1.807) is 0 Å². The summed E-state index contributed by atoms with van der Waals surface area (Å²) in [5.41, 5.74) is 0.862. The van der Waals surface area contributed by atoms with Gasteiger partial charge in [0.1, 0.15) is 6.61 Å². The van der Waals surface area contributed by atoms with Crippen molar-refractivity contribution >= 4 is 27.9 Å². The topological polar surface area (TPSA) is 78.6 Å². The predicted molar refractivity (Wildman–Crippen MR) is 77.7 cm³/mol. The van der Waals surface area contributed by atoms with Crippen LogP contribution in [0.5, 0.6) is 0 Å². The van der Waals surface area contributed by atoms with E-state index in [2.05, 4.69) is 20.8 Å². The van der Waals surface area contributed by atoms with Crippen molar-refractivity contribution in [3.05, 3.63) is 35.9 Å². The van der Waals surface area contributed by atoms with Crippen LogP contribution < -0.4 is 5.90 Å². The van der Waals surface area contributed by atoms with Crippen molar-refractivity contribution in [3.8, 4) is 0 Å². The Morgan fingerprint density at radius 2 is 1.85 bits per heavy atom. The lowest BCUT2D eigenvalue weighted by Gasteiger charge is -2.13. The zero-order valence-corrected chi connectivity index (χ0v) is 12.7. The average molecular weight is 344 g/mol. The molecular weight excluding hydrogens is 326 g/mol. The fourth-order valence-electron chi connectivity index (χ4n) is 1.69. The molecule has 0 aliphatic heterocycles. The summed E-state index contributed by atoms with van der Waals surface area (Å²) in [5.74, 6) is 2.55. The molecule has 0 aliphatic rings. The third-order valence-corrected chi connectivity index (χ3v) is 3.35. The van der Waals surface area contributed by atoms with E-state index >= 15 is 0 Å². The van der Waals surface area contributed by atoms with Crippen LogP contribution in [-0.2, 0) is 25.8 Å². The second-order valence-electron chi connectivity index (χ2n) is 4.27. The summed E-state index contributed by atoms with van der Waals surface area (Å²) in [4.78, 5) is 27.6. The van der Waals surface area contributed by atoms with Gasteiger partial charge >= 0.3 is 11.9 Å². The highest BCUT2D eigenvalue weighted by Crippen LogP contribution is 2.14. The van der Waals surface area contributed by atoms with E-state index in [1.807, 2.05) is 30.3 Å². The van der Waals surface area contributed by atoms with Gasteiger partial charge in [-0.25, -0.2) is 4.79 Å². The summed E-state index contributed by atoms with van der Waals surface area (Å²) in [7, 11) is 0. The average Bonchev–Trinajstić information content (AvgIpc) is 2.49. The molecule has 0 unspecified atom stereocenters. The maximum Gasteiger partial charge on any atom is 0.338 e. The molecule has 20 heavy (non-hydrogen) atoms. The number of alkyl halides is 1. The fraction of sp³-hybridized carbons (Fsp3) is 0.429. The molecule has 0 heterocycles. The largest absolute Gasteiger partial charge is 0.460 e. The van der Waals surface area contributed by atoms with Gasteiger partial charge in [0, 0.05) is 5.33 Å². The van der Waals surface area contributed by atoms with Gasteiger partial charge < -0.3 is 9.57 Å². The summed E-state index contributed by atoms with van der Waals surface area (Å²) < 4.78 is 5.14. The van der Waals surface area contributed by atoms with Crippen LogP contribution in [0.15, 0.2) is 30.3 Å². The lowest BCUT2D eigenvalue weighted by molar-refractivity contribution is -0.163. The summed E-state index contributed by atoms with van der Waals surface area (Å²) in [5, 5.41) is 0.816. The molecule has 0 saturated carbocycles. The van der Waals surface area contributed by atoms with Crippen LogP contribution in [0.4, 0.5) is 0 Å². The number of ether oxygens (including phenoxy) is 1. The number of unbranched alkanes of at least 4 members (excludes halogenated alkanes) is 1. The van der Waals surface area contributed by atoms with Crippen LogP contribution in [0.3, 0.4) is 0 Å². The third-order valence-electron chi connectivity index (χ3n) is 2.79. The Hall–Kier alpha value is -1.40. The van der Waals surface area contributed by atoms with Gasteiger partial charge in [-0.05, 0) is 18.4 Å². The molecule has 110 valence electrons. The monoisotopic (exact) mass is 343 g/mol. The number of carbonyl (C=O) groups excluding carboxylic acids is 2. The Morgan fingerprint density at radius 3 is 2.45 bits per heavy atom. The molecule has 1 atom stereocenters. The van der Waals surface area contributed by atoms with Crippen molar-refractivity contribution < 1.29 is 19.2 Å². The SMILES string of the molecule is NOC(=O)[C@@H](CCCCBr)C(=O)OCc1ccccc1. The van der Waals surface area contributed by atoms with Gasteiger partial charge in [0.2, 0.25) is 0 Å². The standard InChI is InChI=1S/C14H18BrNO4/c15-9-5-4-8-12(14(18)20-16)13(17)19-10-11-6-2-1-3-7-11/h1-3,6-7,12H,4-5,8-10,16H2/t12-/m0/s1. The molecule has 0 saturated heterocycles. The van der Waals surface area contributed by atoms with Gasteiger partial charge in [0.25, 0.3) is 0 Å². The van der Waals surface area contributed by atoms with E-state index in [4.69, 9.17) is 10.6 Å². The number of esters is 1. The number of carbonyl (C=O) groups is 2. The maximum atomic E-state index is 11.9. The molecule has 1 rings (SSSR count). The van der Waals surface area contributed by atoms with Crippen LogP contribution in [0.1, 0.15) is 24.8 Å². The van der Waals surface area contributed by atoms with E-state index in [9.17, 15) is 9.59 Å². The third kappa shape index (κ3) is 5.71. The fourth-order valence-corrected chi connectivity index (χ4v) is 2.08. The summed E-state index contributed by atoms with van der Waals surface area (Å²) in [6, 6.07) is 9.26. The normalized spacial score (nSPS) is 11.7. The Morgan fingerprint density at radius 1 is 1.15 bits per heavy atom. The zero-order chi connectivity index (χ0) is 14.8. The molecule has 0 aliphatic carbocycles. The highest BCUT2D eigenvalue weighted by molar-refractivity contribution is 9.09. The number of nitrogens with two attached hydrogens (primary N) is 1. The molecule has 1 aromatic rings. The van der Waals surface area contributed by atoms with Crippen molar-refractivity contribution in [2.45, 2.75) is 25.9 Å². The molecule has 5 nitrogen and oxygen atoms in total. The summed E-state index contributed by atoms with van der Waals surface area (Å²) in [6.45, 7) is 0.131. The van der Waals surface area contributed by atoms with Gasteiger partial charge in [-0.15, -0.1) is 0 Å². The minimum Gasteiger partial charge on any atom is -0.460 e. The number of hydrogen-bond acceptors (Lipinski definition) is 5. The van der Waals surface area contributed by atoms with Crippen molar-refractivity contribution in [1.82, 2.24) is 0 Å². The van der Waals surface area contributed by atoms with Crippen LogP contribution in [0, 0.1) is 5.92 Å². The Kier molecular flexibility index (Phi) is 7.91. The highest BCUT2D eigenvalue weighted by atomic mass is 79.9. The van der Waals surface area contributed by atoms with Crippen LogP contribution in [-0.4, -0.2) is 17.3 Å². The van der Waals surface area contributed by atoms with Crippen LogP contribution in [0.25, 0.3) is 0 Å². The molecule has 0 spiro atoms. The smallest absolute Gasteiger partial charge is 0.338 e. The first-order valence-corrected chi connectivity index (χ1v) is 7.48. The first-order chi connectivity index (χ1) is 9.69. The second-order valence-corrected chi connectivity index (χ2v) is 5.06. The number of halogens is 1. The Bertz CT molecular complexity index is 424. The molecule has 6 heteroatoms. The van der Waals surface area contributed by atoms with Crippen molar-refractivity contribution in [1.29, 1.82) is 0 Å². The molecule has 0 aromatic heterocycles. The van der Waals surface area contributed by atoms with Crippen molar-refractivity contribution in [3.63, 3.8) is 0 Å². The lowest BCUT2D eigenvalue weighted by atomic mass is 10.0. The predicted octanol–water partition coefficient (Wildman–Crippen LogP) is 2.33. The van der Waals surface area contributed by atoms with Gasteiger partial charge in [-0.2, -0.15) is 5.90 Å². The van der Waals surface area contributed by atoms with E-state index < -0.39 is 17.9 Å². The van der Waals surface area contributed by atoms with Gasteiger partial charge in [-0.3, -0.25) is 4.79 Å². The molecule has 0 bridgehead atoms. The van der Waals surface area contributed by atoms with Crippen LogP contribution in [0.2, 0.25) is 0 Å². The lowest BCUT2D eigenvalue weighted by Crippen LogP contribution is -2.29. The quantitative estimate of drug-likeness (QED) is 0.257. The molecule has 2 N–H and O–H groups in total. The number of hydrogen-bond donors (Lipinski definition) is 1. The maximum absolute atomic E-state index is 11.9. The van der Waals surface area contributed by atoms with Crippen molar-refractivity contribution in [2.75, 3.05) is 5.33 Å². The van der Waals surface area contributed by atoms with Gasteiger partial charge in [-0.1, -0.05) is 52.7 Å². The number of rotatable bonds is 8. The molecule has 0 amide bonds. The summed E-state index contributed by atoms with van der Waals surface area (Å²) in [6.07, 6.45) is 1.95. The van der Waals surface area contributed by atoms with Gasteiger partial charge in [0.15, 0.2) is 5.92 Å². The highest BCUT2D eigenvalue weighted by Gasteiger charge is 2.29. The minimum absolute atomic E-state index is 0.131. The molecule has 0 radical (unpaired) electrons. The summed E-state index contributed by atoms with van der Waals surface area (Å²) >= 11 is 3.29.